The molecule has 0 aliphatic carbocycles. The van der Waals surface area contributed by atoms with Crippen LogP contribution in [0.5, 0.6) is 0 Å². The second-order valence-corrected chi connectivity index (χ2v) is 4.90. The van der Waals surface area contributed by atoms with Gasteiger partial charge < -0.3 is 0 Å². The van der Waals surface area contributed by atoms with E-state index >= 15 is 0 Å². The predicted octanol–water partition coefficient (Wildman–Crippen LogP) is 4.37. The third kappa shape index (κ3) is 2.54. The van der Waals surface area contributed by atoms with Crippen molar-refractivity contribution < 1.29 is 0 Å². The highest BCUT2D eigenvalue weighted by molar-refractivity contribution is 6.30. The Morgan fingerprint density at radius 3 is 2.56 bits per heavy atom. The fraction of sp³-hybridized carbons (Fsp3) is 0.333. The van der Waals surface area contributed by atoms with Crippen LogP contribution in [-0.4, -0.2) is 9.97 Å². The van der Waals surface area contributed by atoms with Gasteiger partial charge >= 0.3 is 0 Å². The lowest BCUT2D eigenvalue weighted by atomic mass is 10.00. The van der Waals surface area contributed by atoms with Crippen molar-refractivity contribution in [2.75, 3.05) is 0 Å². The van der Waals surface area contributed by atoms with Crippen LogP contribution in [0, 0.1) is 13.8 Å². The van der Waals surface area contributed by atoms with E-state index < -0.39 is 0 Å². The van der Waals surface area contributed by atoms with E-state index in [-0.39, 0.29) is 0 Å². The Labute approximate surface area is 113 Å². The summed E-state index contributed by atoms with van der Waals surface area (Å²) in [6, 6.07) is 6.38. The van der Waals surface area contributed by atoms with Gasteiger partial charge in [0.2, 0.25) is 0 Å². The van der Waals surface area contributed by atoms with Gasteiger partial charge in [0.1, 0.15) is 11.5 Å². The van der Waals surface area contributed by atoms with E-state index in [2.05, 4.69) is 48.9 Å². The molecule has 1 aromatic carbocycles. The SMILES string of the molecule is CCCc1c(Cl)ncnc1-c1ccc(C)c(C)c1. The lowest BCUT2D eigenvalue weighted by Gasteiger charge is -2.10. The van der Waals surface area contributed by atoms with Gasteiger partial charge in [-0.2, -0.15) is 0 Å². The molecule has 0 aliphatic rings. The van der Waals surface area contributed by atoms with Crippen molar-refractivity contribution in [3.05, 3.63) is 46.4 Å². The highest BCUT2D eigenvalue weighted by atomic mass is 35.5. The fourth-order valence-electron chi connectivity index (χ4n) is 2.00. The van der Waals surface area contributed by atoms with Crippen molar-refractivity contribution in [2.24, 2.45) is 0 Å². The third-order valence-electron chi connectivity index (χ3n) is 3.17. The minimum absolute atomic E-state index is 0.570. The van der Waals surface area contributed by atoms with Gasteiger partial charge in [-0.1, -0.05) is 37.1 Å². The Balaban J connectivity index is 2.55. The number of rotatable bonds is 3. The monoisotopic (exact) mass is 260 g/mol. The van der Waals surface area contributed by atoms with E-state index in [1.165, 1.54) is 17.5 Å². The van der Waals surface area contributed by atoms with Crippen LogP contribution in [0.2, 0.25) is 5.15 Å². The molecule has 1 aromatic heterocycles. The molecule has 0 aliphatic heterocycles. The first-order valence-electron chi connectivity index (χ1n) is 6.20. The second kappa shape index (κ2) is 5.49. The maximum absolute atomic E-state index is 6.18. The van der Waals surface area contributed by atoms with E-state index in [9.17, 15) is 0 Å². The van der Waals surface area contributed by atoms with Gasteiger partial charge in [0, 0.05) is 11.1 Å². The summed E-state index contributed by atoms with van der Waals surface area (Å²) in [6.45, 7) is 6.35. The van der Waals surface area contributed by atoms with Gasteiger partial charge in [-0.15, -0.1) is 0 Å². The zero-order valence-corrected chi connectivity index (χ0v) is 11.8. The molecule has 2 nitrogen and oxygen atoms in total. The Bertz CT molecular complexity index is 564. The Morgan fingerprint density at radius 1 is 1.11 bits per heavy atom. The van der Waals surface area contributed by atoms with Crippen LogP contribution in [0.25, 0.3) is 11.3 Å². The van der Waals surface area contributed by atoms with Crippen LogP contribution >= 0.6 is 11.6 Å². The van der Waals surface area contributed by atoms with E-state index in [1.807, 2.05) is 0 Å². The highest BCUT2D eigenvalue weighted by Gasteiger charge is 2.11. The molecular weight excluding hydrogens is 244 g/mol. The second-order valence-electron chi connectivity index (χ2n) is 4.54. The number of aryl methyl sites for hydroxylation is 2. The largest absolute Gasteiger partial charge is 0.236 e. The average molecular weight is 261 g/mol. The molecule has 0 unspecified atom stereocenters. The summed E-state index contributed by atoms with van der Waals surface area (Å²) in [5.41, 5.74) is 5.68. The smallest absolute Gasteiger partial charge is 0.136 e. The van der Waals surface area contributed by atoms with Crippen molar-refractivity contribution >= 4 is 11.6 Å². The average Bonchev–Trinajstić information content (AvgIpc) is 2.35. The maximum Gasteiger partial charge on any atom is 0.136 e. The van der Waals surface area contributed by atoms with Gasteiger partial charge in [0.05, 0.1) is 5.69 Å². The zero-order valence-electron chi connectivity index (χ0n) is 11.0. The van der Waals surface area contributed by atoms with Crippen LogP contribution < -0.4 is 0 Å². The molecule has 0 spiro atoms. The molecule has 2 rings (SSSR count). The van der Waals surface area contributed by atoms with Crippen LogP contribution in [0.1, 0.15) is 30.0 Å². The van der Waals surface area contributed by atoms with Crippen LogP contribution in [0.3, 0.4) is 0 Å². The van der Waals surface area contributed by atoms with Crippen molar-refractivity contribution in [1.82, 2.24) is 9.97 Å². The van der Waals surface area contributed by atoms with Gasteiger partial charge in [0.15, 0.2) is 0 Å². The van der Waals surface area contributed by atoms with Crippen LogP contribution in [0.4, 0.5) is 0 Å². The Kier molecular flexibility index (Phi) is 3.97. The number of hydrogen-bond acceptors (Lipinski definition) is 2. The van der Waals surface area contributed by atoms with Gasteiger partial charge in [-0.05, 0) is 37.5 Å². The molecule has 0 saturated carbocycles. The molecule has 0 radical (unpaired) electrons. The number of nitrogens with zero attached hydrogens (tertiary/aromatic N) is 2. The molecule has 1 heterocycles. The first-order chi connectivity index (χ1) is 8.63. The normalized spacial score (nSPS) is 10.7. The molecule has 0 fully saturated rings. The predicted molar refractivity (Wildman–Crippen MR) is 75.9 cm³/mol. The molecular formula is C15H17ClN2. The quantitative estimate of drug-likeness (QED) is 0.766. The molecule has 0 amide bonds. The lowest BCUT2D eigenvalue weighted by molar-refractivity contribution is 0.904. The van der Waals surface area contributed by atoms with E-state index in [1.54, 1.807) is 0 Å². The number of aromatic nitrogens is 2. The summed E-state index contributed by atoms with van der Waals surface area (Å²) in [4.78, 5) is 8.48. The van der Waals surface area contributed by atoms with Crippen molar-refractivity contribution in [3.63, 3.8) is 0 Å². The summed E-state index contributed by atoms with van der Waals surface area (Å²) in [5.74, 6) is 0. The molecule has 0 N–H and O–H groups in total. The lowest BCUT2D eigenvalue weighted by Crippen LogP contribution is -1.97. The van der Waals surface area contributed by atoms with Crippen molar-refractivity contribution in [2.45, 2.75) is 33.6 Å². The topological polar surface area (TPSA) is 25.8 Å². The highest BCUT2D eigenvalue weighted by Crippen LogP contribution is 2.27. The molecule has 2 aromatic rings. The molecule has 0 saturated heterocycles. The Morgan fingerprint density at radius 2 is 1.89 bits per heavy atom. The third-order valence-corrected chi connectivity index (χ3v) is 3.50. The minimum atomic E-state index is 0.570. The number of hydrogen-bond donors (Lipinski definition) is 0. The number of benzene rings is 1. The van der Waals surface area contributed by atoms with E-state index in [0.29, 0.717) is 5.15 Å². The van der Waals surface area contributed by atoms with Crippen LogP contribution in [-0.2, 0) is 6.42 Å². The minimum Gasteiger partial charge on any atom is -0.236 e. The molecule has 0 bridgehead atoms. The van der Waals surface area contributed by atoms with E-state index in [4.69, 9.17) is 11.6 Å². The molecule has 18 heavy (non-hydrogen) atoms. The molecule has 94 valence electrons. The van der Waals surface area contributed by atoms with E-state index in [0.717, 1.165) is 29.7 Å². The zero-order chi connectivity index (χ0) is 13.1. The van der Waals surface area contributed by atoms with Crippen molar-refractivity contribution in [1.29, 1.82) is 0 Å². The maximum atomic E-state index is 6.18. The van der Waals surface area contributed by atoms with Gasteiger partial charge in [0.25, 0.3) is 0 Å². The Hall–Kier alpha value is -1.41. The standard InChI is InChI=1S/C15H17ClN2/c1-4-5-13-14(17-9-18-15(13)16)12-7-6-10(2)11(3)8-12/h6-9H,4-5H2,1-3H3. The summed E-state index contributed by atoms with van der Waals surface area (Å²) < 4.78 is 0. The summed E-state index contributed by atoms with van der Waals surface area (Å²) in [6.07, 6.45) is 3.47. The number of halogens is 1. The first-order valence-corrected chi connectivity index (χ1v) is 6.58. The summed E-state index contributed by atoms with van der Waals surface area (Å²) in [7, 11) is 0. The summed E-state index contributed by atoms with van der Waals surface area (Å²) in [5, 5.41) is 0.570. The summed E-state index contributed by atoms with van der Waals surface area (Å²) >= 11 is 6.18. The van der Waals surface area contributed by atoms with Crippen LogP contribution in [0.15, 0.2) is 24.5 Å². The van der Waals surface area contributed by atoms with Gasteiger partial charge in [-0.3, -0.25) is 0 Å². The van der Waals surface area contributed by atoms with Crippen molar-refractivity contribution in [3.8, 4) is 11.3 Å². The molecule has 3 heteroatoms. The fourth-order valence-corrected chi connectivity index (χ4v) is 2.23. The van der Waals surface area contributed by atoms with Gasteiger partial charge in [-0.25, -0.2) is 9.97 Å². The molecule has 0 atom stereocenters. The first kappa shape index (κ1) is 13.0.